The number of alkyl halides is 1. The second-order valence-electron chi connectivity index (χ2n) is 5.22. The van der Waals surface area contributed by atoms with Gasteiger partial charge in [-0.25, -0.2) is 0 Å². The highest BCUT2D eigenvalue weighted by molar-refractivity contribution is 6.21. The SMILES string of the molecule is Cc1ccc(C(Cl)CN(C)c2ccc(O)cc2)c(C)c1. The van der Waals surface area contributed by atoms with Crippen LogP contribution in [-0.2, 0) is 0 Å². The van der Waals surface area contributed by atoms with Gasteiger partial charge >= 0.3 is 0 Å². The first kappa shape index (κ1) is 14.7. The van der Waals surface area contributed by atoms with Gasteiger partial charge in [0.25, 0.3) is 0 Å². The van der Waals surface area contributed by atoms with E-state index in [0.717, 1.165) is 12.2 Å². The fourth-order valence-corrected chi connectivity index (χ4v) is 2.78. The Balaban J connectivity index is 2.10. The minimum Gasteiger partial charge on any atom is -0.508 e. The van der Waals surface area contributed by atoms with Crippen LogP contribution in [0.4, 0.5) is 5.69 Å². The van der Waals surface area contributed by atoms with Crippen LogP contribution in [0, 0.1) is 13.8 Å². The lowest BCUT2D eigenvalue weighted by atomic mass is 10.0. The monoisotopic (exact) mass is 289 g/mol. The number of aromatic hydroxyl groups is 1. The van der Waals surface area contributed by atoms with Crippen LogP contribution in [0.25, 0.3) is 0 Å². The second-order valence-corrected chi connectivity index (χ2v) is 5.75. The molecule has 0 bridgehead atoms. The molecule has 2 nitrogen and oxygen atoms in total. The summed E-state index contributed by atoms with van der Waals surface area (Å²) in [6.45, 7) is 4.90. The molecule has 0 aliphatic rings. The van der Waals surface area contributed by atoms with Crippen molar-refractivity contribution in [2.45, 2.75) is 19.2 Å². The van der Waals surface area contributed by atoms with E-state index >= 15 is 0 Å². The summed E-state index contributed by atoms with van der Waals surface area (Å²) in [4.78, 5) is 2.09. The van der Waals surface area contributed by atoms with Crippen LogP contribution in [0.15, 0.2) is 42.5 Å². The van der Waals surface area contributed by atoms with Gasteiger partial charge in [-0.3, -0.25) is 0 Å². The molecule has 0 saturated carbocycles. The van der Waals surface area contributed by atoms with E-state index in [1.165, 1.54) is 16.7 Å². The molecule has 106 valence electrons. The molecule has 3 heteroatoms. The van der Waals surface area contributed by atoms with Crippen molar-refractivity contribution in [3.8, 4) is 5.75 Å². The fourth-order valence-electron chi connectivity index (χ4n) is 2.33. The largest absolute Gasteiger partial charge is 0.508 e. The van der Waals surface area contributed by atoms with E-state index in [1.54, 1.807) is 12.1 Å². The lowest BCUT2D eigenvalue weighted by Crippen LogP contribution is -2.22. The Morgan fingerprint density at radius 2 is 1.75 bits per heavy atom. The normalized spacial score (nSPS) is 12.2. The van der Waals surface area contributed by atoms with Gasteiger partial charge in [0.15, 0.2) is 0 Å². The summed E-state index contributed by atoms with van der Waals surface area (Å²) in [5, 5.41) is 9.26. The molecule has 0 aliphatic carbocycles. The first-order chi connectivity index (χ1) is 9.47. The molecule has 0 aliphatic heterocycles. The number of rotatable bonds is 4. The molecule has 0 saturated heterocycles. The van der Waals surface area contributed by atoms with Crippen molar-refractivity contribution >= 4 is 17.3 Å². The molecule has 20 heavy (non-hydrogen) atoms. The van der Waals surface area contributed by atoms with Crippen LogP contribution in [-0.4, -0.2) is 18.7 Å². The van der Waals surface area contributed by atoms with E-state index in [9.17, 15) is 5.11 Å². The van der Waals surface area contributed by atoms with E-state index in [-0.39, 0.29) is 11.1 Å². The summed E-state index contributed by atoms with van der Waals surface area (Å²) in [7, 11) is 2.01. The summed E-state index contributed by atoms with van der Waals surface area (Å²) >= 11 is 6.55. The van der Waals surface area contributed by atoms with Crippen molar-refractivity contribution < 1.29 is 5.11 Å². The van der Waals surface area contributed by atoms with Gasteiger partial charge in [-0.2, -0.15) is 0 Å². The van der Waals surface area contributed by atoms with E-state index in [0.29, 0.717) is 0 Å². The maximum atomic E-state index is 9.32. The molecule has 2 aromatic rings. The Bertz CT molecular complexity index is 580. The number of halogens is 1. The maximum Gasteiger partial charge on any atom is 0.115 e. The Hall–Kier alpha value is -1.67. The molecule has 2 rings (SSSR count). The van der Waals surface area contributed by atoms with Crippen molar-refractivity contribution in [3.63, 3.8) is 0 Å². The molecular weight excluding hydrogens is 270 g/mol. The summed E-state index contributed by atoms with van der Waals surface area (Å²) in [5.74, 6) is 0.277. The molecule has 0 heterocycles. The topological polar surface area (TPSA) is 23.5 Å². The van der Waals surface area contributed by atoms with Gasteiger partial charge in [0, 0.05) is 19.3 Å². The number of phenols is 1. The molecule has 0 radical (unpaired) electrons. The van der Waals surface area contributed by atoms with Crippen molar-refractivity contribution in [2.24, 2.45) is 0 Å². The van der Waals surface area contributed by atoms with E-state index in [1.807, 2.05) is 19.2 Å². The van der Waals surface area contributed by atoms with Gasteiger partial charge in [0.2, 0.25) is 0 Å². The van der Waals surface area contributed by atoms with Crippen molar-refractivity contribution in [1.29, 1.82) is 0 Å². The molecule has 1 N–H and O–H groups in total. The third-order valence-electron chi connectivity index (χ3n) is 3.49. The Morgan fingerprint density at radius 1 is 1.10 bits per heavy atom. The first-order valence-electron chi connectivity index (χ1n) is 6.69. The van der Waals surface area contributed by atoms with Gasteiger partial charge in [-0.15, -0.1) is 11.6 Å². The number of benzene rings is 2. The summed E-state index contributed by atoms with van der Waals surface area (Å²) in [5.41, 5.74) is 4.69. The summed E-state index contributed by atoms with van der Waals surface area (Å²) < 4.78 is 0. The predicted molar refractivity (Wildman–Crippen MR) is 85.9 cm³/mol. The standard InChI is InChI=1S/C17H20ClNO/c1-12-4-9-16(13(2)10-12)17(18)11-19(3)14-5-7-15(20)8-6-14/h4-10,17,20H,11H2,1-3H3. The zero-order chi connectivity index (χ0) is 14.7. The highest BCUT2D eigenvalue weighted by Crippen LogP contribution is 2.27. The number of nitrogens with zero attached hydrogens (tertiary/aromatic N) is 1. The number of aryl methyl sites for hydroxylation is 2. The number of hydrogen-bond donors (Lipinski definition) is 1. The van der Waals surface area contributed by atoms with Crippen molar-refractivity contribution in [3.05, 3.63) is 59.2 Å². The highest BCUT2D eigenvalue weighted by atomic mass is 35.5. The van der Waals surface area contributed by atoms with Crippen LogP contribution in [0.2, 0.25) is 0 Å². The van der Waals surface area contributed by atoms with Crippen LogP contribution >= 0.6 is 11.6 Å². The molecule has 1 unspecified atom stereocenters. The molecule has 0 fully saturated rings. The molecular formula is C17H20ClNO. The van der Waals surface area contributed by atoms with Gasteiger partial charge in [-0.05, 0) is 49.2 Å². The van der Waals surface area contributed by atoms with Crippen molar-refractivity contribution in [1.82, 2.24) is 0 Å². The van der Waals surface area contributed by atoms with Gasteiger partial charge < -0.3 is 10.0 Å². The van der Waals surface area contributed by atoms with Gasteiger partial charge in [0.05, 0.1) is 5.38 Å². The Labute approximate surface area is 125 Å². The minimum absolute atomic E-state index is 0.0607. The predicted octanol–water partition coefficient (Wildman–Crippen LogP) is 4.43. The minimum atomic E-state index is -0.0607. The maximum absolute atomic E-state index is 9.32. The van der Waals surface area contributed by atoms with Crippen LogP contribution in [0.3, 0.4) is 0 Å². The third-order valence-corrected chi connectivity index (χ3v) is 3.86. The lowest BCUT2D eigenvalue weighted by molar-refractivity contribution is 0.475. The van der Waals surface area contributed by atoms with E-state index < -0.39 is 0 Å². The third kappa shape index (κ3) is 3.45. The number of hydrogen-bond acceptors (Lipinski definition) is 2. The summed E-state index contributed by atoms with van der Waals surface area (Å²) in [6.07, 6.45) is 0. The highest BCUT2D eigenvalue weighted by Gasteiger charge is 2.13. The van der Waals surface area contributed by atoms with Crippen LogP contribution in [0.1, 0.15) is 22.1 Å². The quantitative estimate of drug-likeness (QED) is 0.842. The number of likely N-dealkylation sites (N-methyl/N-ethyl adjacent to an activating group) is 1. The molecule has 1 atom stereocenters. The fraction of sp³-hybridized carbons (Fsp3) is 0.294. The average molecular weight is 290 g/mol. The second kappa shape index (κ2) is 6.19. The zero-order valence-corrected chi connectivity index (χ0v) is 12.9. The Kier molecular flexibility index (Phi) is 4.56. The van der Waals surface area contributed by atoms with E-state index in [4.69, 9.17) is 11.6 Å². The van der Waals surface area contributed by atoms with Crippen molar-refractivity contribution in [2.75, 3.05) is 18.5 Å². The van der Waals surface area contributed by atoms with Crippen LogP contribution in [0.5, 0.6) is 5.75 Å². The first-order valence-corrected chi connectivity index (χ1v) is 7.12. The Morgan fingerprint density at radius 3 is 2.35 bits per heavy atom. The smallest absolute Gasteiger partial charge is 0.115 e. The number of anilines is 1. The van der Waals surface area contributed by atoms with Crippen LogP contribution < -0.4 is 4.90 Å². The van der Waals surface area contributed by atoms with E-state index in [2.05, 4.69) is 36.9 Å². The summed E-state index contributed by atoms with van der Waals surface area (Å²) in [6, 6.07) is 13.5. The molecule has 0 aromatic heterocycles. The molecule has 0 amide bonds. The zero-order valence-electron chi connectivity index (χ0n) is 12.1. The van der Waals surface area contributed by atoms with Gasteiger partial charge in [-0.1, -0.05) is 23.8 Å². The average Bonchev–Trinajstić information content (AvgIpc) is 2.39. The lowest BCUT2D eigenvalue weighted by Gasteiger charge is -2.23. The molecule has 2 aromatic carbocycles. The van der Waals surface area contributed by atoms with Gasteiger partial charge in [0.1, 0.15) is 5.75 Å². The number of phenolic OH excluding ortho intramolecular Hbond substituents is 1. The molecule has 0 spiro atoms.